The third-order valence-electron chi connectivity index (χ3n) is 3.21. The highest BCUT2D eigenvalue weighted by atomic mass is 19.1. The van der Waals surface area contributed by atoms with Crippen molar-refractivity contribution >= 4 is 0 Å². The van der Waals surface area contributed by atoms with Gasteiger partial charge in [0, 0.05) is 12.6 Å². The number of nitrogens with one attached hydrogen (secondary N) is 1. The molecule has 0 aliphatic carbocycles. The summed E-state index contributed by atoms with van der Waals surface area (Å²) < 4.78 is 18.8. The predicted molar refractivity (Wildman–Crippen MR) is 84.2 cm³/mol. The first kappa shape index (κ1) is 15.5. The molecule has 0 heterocycles. The molecule has 0 atom stereocenters. The summed E-state index contributed by atoms with van der Waals surface area (Å²) in [6.45, 7) is 8.29. The molecule has 0 amide bonds. The third-order valence-corrected chi connectivity index (χ3v) is 3.21. The molecule has 3 heteroatoms. The number of ether oxygens (including phenoxy) is 1. The second kappa shape index (κ2) is 7.23. The molecule has 2 aromatic carbocycles. The van der Waals surface area contributed by atoms with Gasteiger partial charge in [-0.2, -0.15) is 0 Å². The van der Waals surface area contributed by atoms with Gasteiger partial charge in [-0.05, 0) is 54.8 Å². The summed E-state index contributed by atoms with van der Waals surface area (Å²) in [5.74, 6) is 1.59. The second-order valence-corrected chi connectivity index (χ2v) is 5.67. The van der Waals surface area contributed by atoms with Gasteiger partial charge in [0.05, 0.1) is 0 Å². The van der Waals surface area contributed by atoms with Crippen molar-refractivity contribution in [3.05, 3.63) is 59.4 Å². The average molecular weight is 287 g/mol. The van der Waals surface area contributed by atoms with Crippen LogP contribution in [-0.2, 0) is 6.54 Å². The molecule has 112 valence electrons. The maximum absolute atomic E-state index is 13.1. The number of halogens is 1. The van der Waals surface area contributed by atoms with E-state index < -0.39 is 0 Å². The summed E-state index contributed by atoms with van der Waals surface area (Å²) in [5.41, 5.74) is 2.42. The van der Waals surface area contributed by atoms with E-state index in [1.165, 1.54) is 23.3 Å². The first-order valence-corrected chi connectivity index (χ1v) is 7.28. The van der Waals surface area contributed by atoms with Crippen LogP contribution < -0.4 is 10.1 Å². The Labute approximate surface area is 126 Å². The van der Waals surface area contributed by atoms with E-state index in [2.05, 4.69) is 32.2 Å². The van der Waals surface area contributed by atoms with Crippen molar-refractivity contribution in [2.45, 2.75) is 27.3 Å². The van der Waals surface area contributed by atoms with Crippen LogP contribution in [0.1, 0.15) is 25.0 Å². The number of benzene rings is 2. The van der Waals surface area contributed by atoms with E-state index in [0.717, 1.165) is 18.8 Å². The van der Waals surface area contributed by atoms with Crippen LogP contribution in [0, 0.1) is 18.7 Å². The number of rotatable bonds is 6. The Morgan fingerprint density at radius 2 is 1.86 bits per heavy atom. The molecule has 0 saturated carbocycles. The monoisotopic (exact) mass is 287 g/mol. The van der Waals surface area contributed by atoms with Crippen LogP contribution in [0.5, 0.6) is 11.5 Å². The minimum absolute atomic E-state index is 0.293. The molecule has 1 N–H and O–H groups in total. The van der Waals surface area contributed by atoms with Crippen LogP contribution >= 0.6 is 0 Å². The highest BCUT2D eigenvalue weighted by Crippen LogP contribution is 2.24. The van der Waals surface area contributed by atoms with E-state index in [1.54, 1.807) is 12.1 Å². The molecule has 0 spiro atoms. The number of hydrogen-bond donors (Lipinski definition) is 1. The topological polar surface area (TPSA) is 21.3 Å². The van der Waals surface area contributed by atoms with E-state index in [4.69, 9.17) is 4.74 Å². The fraction of sp³-hybridized carbons (Fsp3) is 0.333. The van der Waals surface area contributed by atoms with Crippen molar-refractivity contribution in [3.8, 4) is 11.5 Å². The second-order valence-electron chi connectivity index (χ2n) is 5.67. The molecule has 0 fully saturated rings. The van der Waals surface area contributed by atoms with Crippen molar-refractivity contribution in [1.29, 1.82) is 0 Å². The van der Waals surface area contributed by atoms with Gasteiger partial charge < -0.3 is 10.1 Å². The average Bonchev–Trinajstić information content (AvgIpc) is 2.41. The number of hydrogen-bond acceptors (Lipinski definition) is 2. The van der Waals surface area contributed by atoms with E-state index >= 15 is 0 Å². The Hall–Kier alpha value is -1.87. The lowest BCUT2D eigenvalue weighted by Gasteiger charge is -2.12. The highest BCUT2D eigenvalue weighted by molar-refractivity contribution is 5.38. The van der Waals surface area contributed by atoms with Crippen LogP contribution in [0.3, 0.4) is 0 Å². The maximum Gasteiger partial charge on any atom is 0.130 e. The first-order valence-electron chi connectivity index (χ1n) is 7.28. The van der Waals surface area contributed by atoms with Crippen molar-refractivity contribution < 1.29 is 9.13 Å². The van der Waals surface area contributed by atoms with Gasteiger partial charge in [-0.1, -0.05) is 26.0 Å². The summed E-state index contributed by atoms with van der Waals surface area (Å²) in [6, 6.07) is 12.1. The molecule has 2 nitrogen and oxygen atoms in total. The Morgan fingerprint density at radius 3 is 2.52 bits per heavy atom. The molecule has 0 aromatic heterocycles. The summed E-state index contributed by atoms with van der Waals surface area (Å²) in [7, 11) is 0. The summed E-state index contributed by atoms with van der Waals surface area (Å²) >= 11 is 0. The highest BCUT2D eigenvalue weighted by Gasteiger charge is 2.03. The summed E-state index contributed by atoms with van der Waals surface area (Å²) in [5, 5.41) is 3.43. The Balaban J connectivity index is 2.01. The van der Waals surface area contributed by atoms with Crippen LogP contribution in [0.2, 0.25) is 0 Å². The summed E-state index contributed by atoms with van der Waals surface area (Å²) in [6.07, 6.45) is 0. The minimum Gasteiger partial charge on any atom is -0.457 e. The van der Waals surface area contributed by atoms with Gasteiger partial charge in [0.1, 0.15) is 17.3 Å². The third kappa shape index (κ3) is 4.87. The molecule has 2 aromatic rings. The molecule has 0 radical (unpaired) electrons. The van der Waals surface area contributed by atoms with Crippen molar-refractivity contribution in [2.75, 3.05) is 6.54 Å². The molecule has 0 saturated heterocycles. The van der Waals surface area contributed by atoms with Crippen LogP contribution in [0.15, 0.2) is 42.5 Å². The lowest BCUT2D eigenvalue weighted by atomic mass is 10.1. The van der Waals surface area contributed by atoms with Gasteiger partial charge in [-0.3, -0.25) is 0 Å². The Morgan fingerprint density at radius 1 is 1.10 bits per heavy atom. The molecule has 0 aliphatic rings. The molecule has 21 heavy (non-hydrogen) atoms. The first-order chi connectivity index (χ1) is 10.0. The number of aryl methyl sites for hydroxylation is 1. The lowest BCUT2D eigenvalue weighted by molar-refractivity contribution is 0.476. The van der Waals surface area contributed by atoms with E-state index in [-0.39, 0.29) is 5.82 Å². The van der Waals surface area contributed by atoms with Gasteiger partial charge in [0.15, 0.2) is 0 Å². The SMILES string of the molecule is Cc1cc(Oc2cccc(F)c2)ccc1CNCC(C)C. The van der Waals surface area contributed by atoms with E-state index in [0.29, 0.717) is 11.7 Å². The largest absolute Gasteiger partial charge is 0.457 e. The zero-order valence-electron chi connectivity index (χ0n) is 12.8. The normalized spacial score (nSPS) is 10.9. The fourth-order valence-electron chi connectivity index (χ4n) is 2.09. The predicted octanol–water partition coefficient (Wildman–Crippen LogP) is 4.67. The van der Waals surface area contributed by atoms with Crippen LogP contribution in [-0.4, -0.2) is 6.54 Å². The Bertz CT molecular complexity index is 596. The fourth-order valence-corrected chi connectivity index (χ4v) is 2.09. The minimum atomic E-state index is -0.293. The van der Waals surface area contributed by atoms with Crippen molar-refractivity contribution in [1.82, 2.24) is 5.32 Å². The molecule has 0 bridgehead atoms. The standard InChI is InChI=1S/C18H22FNO/c1-13(2)11-20-12-15-7-8-18(9-14(15)3)21-17-6-4-5-16(19)10-17/h4-10,13,20H,11-12H2,1-3H3. The van der Waals surface area contributed by atoms with Gasteiger partial charge in [0.2, 0.25) is 0 Å². The zero-order chi connectivity index (χ0) is 15.2. The van der Waals surface area contributed by atoms with Gasteiger partial charge in [0.25, 0.3) is 0 Å². The Kier molecular flexibility index (Phi) is 5.34. The van der Waals surface area contributed by atoms with Gasteiger partial charge >= 0.3 is 0 Å². The summed E-state index contributed by atoms with van der Waals surface area (Å²) in [4.78, 5) is 0. The van der Waals surface area contributed by atoms with Crippen molar-refractivity contribution in [3.63, 3.8) is 0 Å². The molecular weight excluding hydrogens is 265 g/mol. The molecule has 2 rings (SSSR count). The molecular formula is C18H22FNO. The lowest BCUT2D eigenvalue weighted by Crippen LogP contribution is -2.19. The van der Waals surface area contributed by atoms with Crippen molar-refractivity contribution in [2.24, 2.45) is 5.92 Å². The van der Waals surface area contributed by atoms with E-state index in [1.807, 2.05) is 12.1 Å². The van der Waals surface area contributed by atoms with Crippen LogP contribution in [0.4, 0.5) is 4.39 Å². The van der Waals surface area contributed by atoms with Gasteiger partial charge in [-0.25, -0.2) is 4.39 Å². The quantitative estimate of drug-likeness (QED) is 0.833. The van der Waals surface area contributed by atoms with E-state index in [9.17, 15) is 4.39 Å². The molecule has 0 aliphatic heterocycles. The van der Waals surface area contributed by atoms with Gasteiger partial charge in [-0.15, -0.1) is 0 Å². The zero-order valence-corrected chi connectivity index (χ0v) is 12.8. The smallest absolute Gasteiger partial charge is 0.130 e. The van der Waals surface area contributed by atoms with Crippen LogP contribution in [0.25, 0.3) is 0 Å². The molecule has 0 unspecified atom stereocenters. The maximum atomic E-state index is 13.1.